The molecule has 2 aliphatic carbocycles. The Hall–Kier alpha value is -0.420. The maximum Gasteiger partial charge on any atom is 0.229 e. The van der Waals surface area contributed by atoms with E-state index in [1.165, 1.54) is 6.42 Å². The fraction of sp³-hybridized carbons (Fsp3) is 0.533. The molecule has 2 saturated carbocycles. The molecular weight excluding hydrogens is 327 g/mol. The summed E-state index contributed by atoms with van der Waals surface area (Å²) in [6, 6.07) is 5.66. The minimum absolute atomic E-state index is 0. The molecule has 0 heterocycles. The van der Waals surface area contributed by atoms with Crippen LogP contribution < -0.4 is 11.1 Å². The zero-order valence-electron chi connectivity index (χ0n) is 11.8. The molecule has 0 aliphatic heterocycles. The van der Waals surface area contributed by atoms with Crippen molar-refractivity contribution in [3.05, 3.63) is 23.2 Å². The number of anilines is 1. The highest BCUT2D eigenvalue weighted by atomic mass is 35.5. The number of halogens is 2. The van der Waals surface area contributed by atoms with Crippen LogP contribution in [0.1, 0.15) is 19.3 Å². The van der Waals surface area contributed by atoms with Gasteiger partial charge in [-0.2, -0.15) is 0 Å². The highest BCUT2D eigenvalue weighted by Gasteiger charge is 2.49. The number of benzene rings is 1. The van der Waals surface area contributed by atoms with E-state index in [-0.39, 0.29) is 30.3 Å². The van der Waals surface area contributed by atoms with Crippen molar-refractivity contribution in [2.45, 2.75) is 30.2 Å². The number of amides is 1. The third-order valence-corrected chi connectivity index (χ3v) is 5.92. The summed E-state index contributed by atoms with van der Waals surface area (Å²) in [6.07, 6.45) is 5.42. The first kappa shape index (κ1) is 16.9. The molecule has 1 aromatic rings. The number of hydrogen-bond donors (Lipinski definition) is 2. The molecule has 0 saturated heterocycles. The van der Waals surface area contributed by atoms with Gasteiger partial charge in [0.05, 0.1) is 10.9 Å². The van der Waals surface area contributed by atoms with Crippen molar-refractivity contribution < 1.29 is 4.79 Å². The van der Waals surface area contributed by atoms with E-state index in [4.69, 9.17) is 17.3 Å². The minimum Gasteiger partial charge on any atom is -0.327 e. The summed E-state index contributed by atoms with van der Waals surface area (Å²) < 4.78 is 0. The van der Waals surface area contributed by atoms with Crippen LogP contribution in [0.4, 0.5) is 5.69 Å². The van der Waals surface area contributed by atoms with Gasteiger partial charge < -0.3 is 11.1 Å². The van der Waals surface area contributed by atoms with Gasteiger partial charge in [-0.05, 0) is 55.6 Å². The first-order chi connectivity index (χ1) is 9.60. The highest BCUT2D eigenvalue weighted by molar-refractivity contribution is 7.98. The molecule has 3 N–H and O–H groups in total. The number of nitrogens with one attached hydrogen (secondary N) is 1. The standard InChI is InChI=1S/C15H19ClN2OS.ClH/c1-20-12-5-4-10(7-11(12)16)18-15(19)13-8-2-3-9(6-8)14(13)17;/h4-5,7-9,13-14H,2-3,6,17H2,1H3,(H,18,19);1H. The summed E-state index contributed by atoms with van der Waals surface area (Å²) in [6.45, 7) is 0. The molecule has 116 valence electrons. The summed E-state index contributed by atoms with van der Waals surface area (Å²) in [5.41, 5.74) is 6.96. The summed E-state index contributed by atoms with van der Waals surface area (Å²) in [7, 11) is 0. The van der Waals surface area contributed by atoms with Crippen molar-refractivity contribution in [1.29, 1.82) is 0 Å². The molecule has 4 atom stereocenters. The van der Waals surface area contributed by atoms with E-state index < -0.39 is 0 Å². The quantitative estimate of drug-likeness (QED) is 0.818. The average Bonchev–Trinajstić information content (AvgIpc) is 2.99. The van der Waals surface area contributed by atoms with Crippen molar-refractivity contribution in [2.24, 2.45) is 23.5 Å². The first-order valence-electron chi connectivity index (χ1n) is 7.00. The van der Waals surface area contributed by atoms with Gasteiger partial charge in [0.25, 0.3) is 0 Å². The van der Waals surface area contributed by atoms with Gasteiger partial charge in [0, 0.05) is 16.6 Å². The van der Waals surface area contributed by atoms with Crippen LogP contribution in [-0.2, 0) is 4.79 Å². The third kappa shape index (κ3) is 3.19. The lowest BCUT2D eigenvalue weighted by Crippen LogP contribution is -2.42. The third-order valence-electron chi connectivity index (χ3n) is 4.70. The predicted octanol–water partition coefficient (Wildman–Crippen LogP) is 3.80. The van der Waals surface area contributed by atoms with Crippen molar-refractivity contribution in [2.75, 3.05) is 11.6 Å². The summed E-state index contributed by atoms with van der Waals surface area (Å²) in [5, 5.41) is 3.65. The molecule has 2 bridgehead atoms. The monoisotopic (exact) mass is 346 g/mol. The molecule has 6 heteroatoms. The largest absolute Gasteiger partial charge is 0.327 e. The summed E-state index contributed by atoms with van der Waals surface area (Å²) in [5.74, 6) is 1.03. The van der Waals surface area contributed by atoms with E-state index >= 15 is 0 Å². The molecule has 0 radical (unpaired) electrons. The predicted molar refractivity (Wildman–Crippen MR) is 91.4 cm³/mol. The van der Waals surface area contributed by atoms with E-state index in [1.54, 1.807) is 11.8 Å². The molecule has 1 aromatic carbocycles. The van der Waals surface area contributed by atoms with Crippen molar-refractivity contribution >= 4 is 47.4 Å². The van der Waals surface area contributed by atoms with Gasteiger partial charge in [0.1, 0.15) is 0 Å². The van der Waals surface area contributed by atoms with E-state index in [0.717, 1.165) is 23.4 Å². The summed E-state index contributed by atoms with van der Waals surface area (Å²) >= 11 is 7.76. The maximum atomic E-state index is 12.4. The van der Waals surface area contributed by atoms with Gasteiger partial charge in [-0.25, -0.2) is 0 Å². The Bertz CT molecular complexity index is 538. The SMILES string of the molecule is CSc1ccc(NC(=O)C2C3CCC(C3)C2N)cc1Cl.Cl. The Kier molecular flexibility index (Phi) is 5.47. The zero-order chi connectivity index (χ0) is 14.3. The average molecular weight is 347 g/mol. The first-order valence-corrected chi connectivity index (χ1v) is 8.60. The number of carbonyl (C=O) groups is 1. The smallest absolute Gasteiger partial charge is 0.229 e. The molecule has 3 rings (SSSR count). The van der Waals surface area contributed by atoms with Crippen LogP contribution in [0.25, 0.3) is 0 Å². The molecule has 3 nitrogen and oxygen atoms in total. The lowest BCUT2D eigenvalue weighted by Gasteiger charge is -2.27. The van der Waals surface area contributed by atoms with Crippen molar-refractivity contribution in [3.63, 3.8) is 0 Å². The Balaban J connectivity index is 0.00000161. The van der Waals surface area contributed by atoms with E-state index in [2.05, 4.69) is 5.32 Å². The number of fused-ring (bicyclic) bond motifs is 2. The van der Waals surface area contributed by atoms with Crippen LogP contribution >= 0.6 is 35.8 Å². The number of nitrogens with two attached hydrogens (primary N) is 1. The highest BCUT2D eigenvalue weighted by Crippen LogP contribution is 2.48. The normalized spacial score (nSPS) is 30.0. The Morgan fingerprint density at radius 3 is 2.67 bits per heavy atom. The zero-order valence-corrected chi connectivity index (χ0v) is 14.2. The second kappa shape index (κ2) is 6.78. The van der Waals surface area contributed by atoms with Crippen LogP contribution in [0.15, 0.2) is 23.1 Å². The summed E-state index contributed by atoms with van der Waals surface area (Å²) in [4.78, 5) is 13.5. The van der Waals surface area contributed by atoms with Crippen LogP contribution in [0.5, 0.6) is 0 Å². The molecule has 0 spiro atoms. The molecule has 2 aliphatic rings. The lowest BCUT2D eigenvalue weighted by atomic mass is 9.84. The van der Waals surface area contributed by atoms with Crippen LogP contribution in [0.3, 0.4) is 0 Å². The van der Waals surface area contributed by atoms with Crippen molar-refractivity contribution in [3.8, 4) is 0 Å². The molecule has 2 fully saturated rings. The number of thioether (sulfide) groups is 1. The molecule has 4 unspecified atom stereocenters. The van der Waals surface area contributed by atoms with Gasteiger partial charge in [0.2, 0.25) is 5.91 Å². The van der Waals surface area contributed by atoms with Gasteiger partial charge in [-0.1, -0.05) is 11.6 Å². The van der Waals surface area contributed by atoms with E-state index in [9.17, 15) is 4.79 Å². The fourth-order valence-corrected chi connectivity index (χ4v) is 4.56. The minimum atomic E-state index is -0.0345. The topological polar surface area (TPSA) is 55.1 Å². The van der Waals surface area contributed by atoms with Gasteiger partial charge in [-0.3, -0.25) is 4.79 Å². The van der Waals surface area contributed by atoms with Gasteiger partial charge in [-0.15, -0.1) is 24.2 Å². The fourth-order valence-electron chi connectivity index (χ4n) is 3.69. The Morgan fingerprint density at radius 2 is 2.10 bits per heavy atom. The maximum absolute atomic E-state index is 12.4. The lowest BCUT2D eigenvalue weighted by molar-refractivity contribution is -0.121. The van der Waals surface area contributed by atoms with Gasteiger partial charge >= 0.3 is 0 Å². The number of rotatable bonds is 3. The molecule has 0 aromatic heterocycles. The molecule has 21 heavy (non-hydrogen) atoms. The Labute approximate surface area is 140 Å². The second-order valence-electron chi connectivity index (χ2n) is 5.77. The molecule has 1 amide bonds. The number of hydrogen-bond acceptors (Lipinski definition) is 3. The van der Waals surface area contributed by atoms with Crippen LogP contribution in [-0.4, -0.2) is 18.2 Å². The molecular formula is C15H20Cl2N2OS. The Morgan fingerprint density at radius 1 is 1.38 bits per heavy atom. The number of carbonyl (C=O) groups excluding carboxylic acids is 1. The van der Waals surface area contributed by atoms with Crippen molar-refractivity contribution in [1.82, 2.24) is 0 Å². The van der Waals surface area contributed by atoms with Crippen LogP contribution in [0, 0.1) is 17.8 Å². The van der Waals surface area contributed by atoms with E-state index in [1.807, 2.05) is 24.5 Å². The van der Waals surface area contributed by atoms with Gasteiger partial charge in [0.15, 0.2) is 0 Å². The second-order valence-corrected chi connectivity index (χ2v) is 7.03. The van der Waals surface area contributed by atoms with Crippen LogP contribution in [0.2, 0.25) is 5.02 Å². The van der Waals surface area contributed by atoms with E-state index in [0.29, 0.717) is 16.9 Å².